The smallest absolute Gasteiger partial charge is 0.333 e. The van der Waals surface area contributed by atoms with Crippen molar-refractivity contribution in [3.63, 3.8) is 0 Å². The first kappa shape index (κ1) is 19.2. The number of hydrogen-bond acceptors (Lipinski definition) is 3. The summed E-state index contributed by atoms with van der Waals surface area (Å²) in [5, 5.41) is 2.83. The number of ether oxygens (including phenoxy) is 1. The molecular weight excluding hydrogens is 382 g/mol. The molecule has 0 aromatic heterocycles. The summed E-state index contributed by atoms with van der Waals surface area (Å²) in [6, 6.07) is 10.2. The van der Waals surface area contributed by atoms with E-state index in [1.54, 1.807) is 31.2 Å². The van der Waals surface area contributed by atoms with Crippen LogP contribution in [0, 0.1) is 20.8 Å². The van der Waals surface area contributed by atoms with E-state index in [2.05, 4.69) is 21.2 Å². The van der Waals surface area contributed by atoms with Crippen LogP contribution in [-0.2, 0) is 9.53 Å². The molecule has 1 N–H and O–H groups in total. The molecular formula is C20H22BrNO3. The van der Waals surface area contributed by atoms with Crippen LogP contribution in [0.15, 0.2) is 40.9 Å². The molecule has 1 amide bonds. The summed E-state index contributed by atoms with van der Waals surface area (Å²) in [5.74, 6) is -0.770. The number of nitrogens with one attached hydrogen (secondary N) is 1. The second-order valence-corrected chi connectivity index (χ2v) is 6.89. The van der Waals surface area contributed by atoms with Crippen molar-refractivity contribution in [1.29, 1.82) is 0 Å². The molecule has 0 saturated heterocycles. The molecule has 0 fully saturated rings. The molecule has 1 atom stereocenters. The molecule has 0 saturated carbocycles. The van der Waals surface area contributed by atoms with Gasteiger partial charge in [0.1, 0.15) is 0 Å². The lowest BCUT2D eigenvalue weighted by Gasteiger charge is -2.22. The van der Waals surface area contributed by atoms with Crippen LogP contribution in [-0.4, -0.2) is 18.5 Å². The van der Waals surface area contributed by atoms with Gasteiger partial charge in [0.15, 0.2) is 6.04 Å². The molecule has 4 nitrogen and oxygen atoms in total. The fourth-order valence-corrected chi connectivity index (χ4v) is 3.20. The van der Waals surface area contributed by atoms with E-state index >= 15 is 0 Å². The monoisotopic (exact) mass is 403 g/mol. The summed E-state index contributed by atoms with van der Waals surface area (Å²) >= 11 is 3.35. The summed E-state index contributed by atoms with van der Waals surface area (Å²) in [6.07, 6.45) is 0. The Labute approximate surface area is 156 Å². The van der Waals surface area contributed by atoms with Crippen LogP contribution >= 0.6 is 15.9 Å². The van der Waals surface area contributed by atoms with Gasteiger partial charge in [-0.1, -0.05) is 33.6 Å². The average Bonchev–Trinajstić information content (AvgIpc) is 2.53. The lowest BCUT2D eigenvalue weighted by atomic mass is 9.93. The van der Waals surface area contributed by atoms with Crippen LogP contribution in [0.1, 0.15) is 45.6 Å². The number of aryl methyl sites for hydroxylation is 3. The first-order chi connectivity index (χ1) is 11.8. The molecule has 132 valence electrons. The Hall–Kier alpha value is -2.14. The van der Waals surface area contributed by atoms with Crippen molar-refractivity contribution in [3.05, 3.63) is 68.7 Å². The third-order valence-electron chi connectivity index (χ3n) is 3.93. The number of carbonyl (C=O) groups excluding carboxylic acids is 2. The maximum absolute atomic E-state index is 12.6. The zero-order valence-electron chi connectivity index (χ0n) is 14.9. The second kappa shape index (κ2) is 8.30. The van der Waals surface area contributed by atoms with E-state index in [0.717, 1.165) is 26.7 Å². The van der Waals surface area contributed by atoms with Gasteiger partial charge >= 0.3 is 5.97 Å². The van der Waals surface area contributed by atoms with Crippen molar-refractivity contribution in [2.75, 3.05) is 6.61 Å². The summed E-state index contributed by atoms with van der Waals surface area (Å²) in [6.45, 7) is 7.89. The summed E-state index contributed by atoms with van der Waals surface area (Å²) in [5.41, 5.74) is 4.29. The Morgan fingerprint density at radius 3 is 2.16 bits per heavy atom. The fourth-order valence-electron chi connectivity index (χ4n) is 2.94. The van der Waals surface area contributed by atoms with Gasteiger partial charge in [-0.2, -0.15) is 0 Å². The van der Waals surface area contributed by atoms with Gasteiger partial charge in [-0.25, -0.2) is 4.79 Å². The minimum absolute atomic E-state index is 0.257. The SMILES string of the molecule is CCOC(=O)C(NC(=O)c1ccc(Br)cc1)c1c(C)cc(C)cc1C. The molecule has 2 rings (SSSR count). The first-order valence-electron chi connectivity index (χ1n) is 8.14. The van der Waals surface area contributed by atoms with Gasteiger partial charge in [0.05, 0.1) is 6.61 Å². The standard InChI is InChI=1S/C20H22BrNO3/c1-5-25-20(24)18(17-13(3)10-12(2)11-14(17)4)22-19(23)15-6-8-16(21)9-7-15/h6-11,18H,5H2,1-4H3,(H,22,23). The van der Waals surface area contributed by atoms with E-state index in [1.165, 1.54) is 0 Å². The van der Waals surface area contributed by atoms with Gasteiger partial charge in [0, 0.05) is 10.0 Å². The van der Waals surface area contributed by atoms with Gasteiger partial charge in [-0.05, 0) is 68.7 Å². The number of esters is 1. The van der Waals surface area contributed by atoms with E-state index in [4.69, 9.17) is 4.74 Å². The lowest BCUT2D eigenvalue weighted by molar-refractivity contribution is -0.145. The molecule has 2 aromatic rings. The zero-order valence-corrected chi connectivity index (χ0v) is 16.4. The molecule has 5 heteroatoms. The zero-order chi connectivity index (χ0) is 18.6. The predicted octanol–water partition coefficient (Wildman–Crippen LogP) is 4.41. The first-order valence-corrected chi connectivity index (χ1v) is 8.93. The van der Waals surface area contributed by atoms with Crippen molar-refractivity contribution in [2.45, 2.75) is 33.7 Å². The van der Waals surface area contributed by atoms with Crippen LogP contribution in [0.5, 0.6) is 0 Å². The highest BCUT2D eigenvalue weighted by atomic mass is 79.9. The van der Waals surface area contributed by atoms with E-state index in [0.29, 0.717) is 5.56 Å². The fraction of sp³-hybridized carbons (Fsp3) is 0.300. The number of amides is 1. The highest BCUT2D eigenvalue weighted by Crippen LogP contribution is 2.25. The van der Waals surface area contributed by atoms with E-state index in [-0.39, 0.29) is 12.5 Å². The molecule has 0 aliphatic carbocycles. The average molecular weight is 404 g/mol. The van der Waals surface area contributed by atoms with Gasteiger partial charge in [0.2, 0.25) is 0 Å². The van der Waals surface area contributed by atoms with Crippen LogP contribution in [0.4, 0.5) is 0 Å². The van der Waals surface area contributed by atoms with E-state index in [9.17, 15) is 9.59 Å². The quantitative estimate of drug-likeness (QED) is 0.752. The molecule has 0 radical (unpaired) electrons. The molecule has 0 heterocycles. The Morgan fingerprint density at radius 1 is 1.08 bits per heavy atom. The number of hydrogen-bond donors (Lipinski definition) is 1. The number of benzene rings is 2. The molecule has 1 unspecified atom stereocenters. The largest absolute Gasteiger partial charge is 0.464 e. The van der Waals surface area contributed by atoms with Gasteiger partial charge in [0.25, 0.3) is 5.91 Å². The van der Waals surface area contributed by atoms with Crippen LogP contribution in [0.3, 0.4) is 0 Å². The number of halogens is 1. The molecule has 0 bridgehead atoms. The minimum Gasteiger partial charge on any atom is -0.464 e. The third-order valence-corrected chi connectivity index (χ3v) is 4.46. The minimum atomic E-state index is -0.836. The van der Waals surface area contributed by atoms with Crippen LogP contribution in [0.25, 0.3) is 0 Å². The van der Waals surface area contributed by atoms with Crippen molar-refractivity contribution in [1.82, 2.24) is 5.32 Å². The molecule has 2 aromatic carbocycles. The number of rotatable bonds is 5. The summed E-state index contributed by atoms with van der Waals surface area (Å²) in [4.78, 5) is 25.1. The van der Waals surface area contributed by atoms with Crippen LogP contribution in [0.2, 0.25) is 0 Å². The van der Waals surface area contributed by atoms with Gasteiger partial charge in [-0.3, -0.25) is 4.79 Å². The normalized spacial score (nSPS) is 11.7. The summed E-state index contributed by atoms with van der Waals surface area (Å²) in [7, 11) is 0. The Balaban J connectivity index is 2.39. The maximum Gasteiger partial charge on any atom is 0.333 e. The van der Waals surface area contributed by atoms with Crippen molar-refractivity contribution in [2.24, 2.45) is 0 Å². The predicted molar refractivity (Wildman–Crippen MR) is 102 cm³/mol. The topological polar surface area (TPSA) is 55.4 Å². The molecule has 0 spiro atoms. The molecule has 25 heavy (non-hydrogen) atoms. The Kier molecular flexibility index (Phi) is 6.37. The second-order valence-electron chi connectivity index (χ2n) is 5.98. The molecule has 0 aliphatic heterocycles. The molecule has 0 aliphatic rings. The third kappa shape index (κ3) is 4.69. The lowest BCUT2D eigenvalue weighted by Crippen LogP contribution is -2.36. The Morgan fingerprint density at radius 2 is 1.64 bits per heavy atom. The highest BCUT2D eigenvalue weighted by molar-refractivity contribution is 9.10. The highest BCUT2D eigenvalue weighted by Gasteiger charge is 2.27. The summed E-state index contributed by atoms with van der Waals surface area (Å²) < 4.78 is 6.08. The van der Waals surface area contributed by atoms with E-state index in [1.807, 2.05) is 32.9 Å². The van der Waals surface area contributed by atoms with Gasteiger partial charge in [-0.15, -0.1) is 0 Å². The maximum atomic E-state index is 12.6. The van der Waals surface area contributed by atoms with Crippen molar-refractivity contribution >= 4 is 27.8 Å². The number of carbonyl (C=O) groups is 2. The van der Waals surface area contributed by atoms with Crippen molar-refractivity contribution < 1.29 is 14.3 Å². The van der Waals surface area contributed by atoms with Gasteiger partial charge < -0.3 is 10.1 Å². The Bertz CT molecular complexity index is 761. The van der Waals surface area contributed by atoms with E-state index < -0.39 is 12.0 Å². The van der Waals surface area contributed by atoms with Crippen LogP contribution < -0.4 is 5.32 Å². The van der Waals surface area contributed by atoms with Crippen molar-refractivity contribution in [3.8, 4) is 0 Å².